The summed E-state index contributed by atoms with van der Waals surface area (Å²) in [4.78, 5) is 12.9. The molecule has 6 heteroatoms. The second kappa shape index (κ2) is 5.70. The molecule has 0 saturated heterocycles. The van der Waals surface area contributed by atoms with Crippen LogP contribution in [-0.4, -0.2) is 30.6 Å². The maximum absolute atomic E-state index is 12.0. The first-order chi connectivity index (χ1) is 7.79. The zero-order chi connectivity index (χ0) is 13.1. The van der Waals surface area contributed by atoms with Crippen molar-refractivity contribution < 1.29 is 18.0 Å². The lowest BCUT2D eigenvalue weighted by Crippen LogP contribution is -2.30. The molecule has 0 N–H and O–H groups in total. The van der Waals surface area contributed by atoms with Gasteiger partial charge in [-0.3, -0.25) is 4.79 Å². The summed E-state index contributed by atoms with van der Waals surface area (Å²) < 4.78 is 36.9. The Morgan fingerprint density at radius 2 is 2.06 bits per heavy atom. The van der Waals surface area contributed by atoms with Crippen LogP contribution in [0.3, 0.4) is 0 Å². The summed E-state index contributed by atoms with van der Waals surface area (Å²) in [6.45, 7) is -0.326. The molecule has 0 aliphatic rings. The minimum Gasteiger partial charge on any atom is -0.341 e. The molecular weight excluding hydrogens is 346 g/mol. The Balaban J connectivity index is 2.64. The molecule has 0 bridgehead atoms. The van der Waals surface area contributed by atoms with Crippen molar-refractivity contribution in [3.8, 4) is 0 Å². The van der Waals surface area contributed by atoms with Gasteiger partial charge in [-0.15, -0.1) is 0 Å². The molecule has 0 spiro atoms. The molecule has 0 fully saturated rings. The molecule has 0 atom stereocenters. The van der Waals surface area contributed by atoms with Crippen molar-refractivity contribution in [2.45, 2.75) is 12.6 Å². The number of rotatable bonds is 3. The lowest BCUT2D eigenvalue weighted by molar-refractivity contribution is -0.136. The van der Waals surface area contributed by atoms with Crippen LogP contribution >= 0.6 is 22.6 Å². The van der Waals surface area contributed by atoms with E-state index in [4.69, 9.17) is 0 Å². The van der Waals surface area contributed by atoms with Gasteiger partial charge in [-0.1, -0.05) is 6.07 Å². The largest absolute Gasteiger partial charge is 0.390 e. The van der Waals surface area contributed by atoms with Gasteiger partial charge in [0.05, 0.1) is 6.42 Å². The van der Waals surface area contributed by atoms with Crippen molar-refractivity contribution in [2.24, 2.45) is 0 Å². The third kappa shape index (κ3) is 4.93. The van der Waals surface area contributed by atoms with E-state index >= 15 is 0 Å². The predicted octanol–water partition coefficient (Wildman–Crippen LogP) is 3.32. The van der Waals surface area contributed by atoms with Gasteiger partial charge in [0.15, 0.2) is 0 Å². The summed E-state index contributed by atoms with van der Waals surface area (Å²) in [6, 6.07) is 6.75. The summed E-state index contributed by atoms with van der Waals surface area (Å²) in [5.74, 6) is -0.396. The van der Waals surface area contributed by atoms with Crippen molar-refractivity contribution in [3.63, 3.8) is 0 Å². The second-order valence-corrected chi connectivity index (χ2v) is 4.85. The monoisotopic (exact) mass is 357 g/mol. The number of amides is 1. The van der Waals surface area contributed by atoms with Crippen LogP contribution in [0.2, 0.25) is 0 Å². The van der Waals surface area contributed by atoms with Gasteiger partial charge in [-0.2, -0.15) is 13.2 Å². The fourth-order valence-electron chi connectivity index (χ4n) is 1.24. The van der Waals surface area contributed by atoms with Gasteiger partial charge >= 0.3 is 6.18 Å². The molecule has 1 aromatic carbocycles. The highest BCUT2D eigenvalue weighted by atomic mass is 127. The van der Waals surface area contributed by atoms with Gasteiger partial charge in [-0.25, -0.2) is 0 Å². The SMILES string of the molecule is CN(CCC(F)(F)F)C(=O)c1cccc(I)c1. The Kier molecular flexibility index (Phi) is 4.79. The average molecular weight is 357 g/mol. The molecule has 0 aliphatic heterocycles. The number of halogens is 4. The summed E-state index contributed by atoms with van der Waals surface area (Å²) >= 11 is 2.05. The fraction of sp³-hybridized carbons (Fsp3) is 0.364. The van der Waals surface area contributed by atoms with Crippen LogP contribution in [0.1, 0.15) is 16.8 Å². The van der Waals surface area contributed by atoms with E-state index in [1.54, 1.807) is 18.2 Å². The van der Waals surface area contributed by atoms with Gasteiger partial charge in [0.1, 0.15) is 0 Å². The van der Waals surface area contributed by atoms with Crippen LogP contribution in [0.15, 0.2) is 24.3 Å². The molecule has 17 heavy (non-hydrogen) atoms. The smallest absolute Gasteiger partial charge is 0.341 e. The van der Waals surface area contributed by atoms with Crippen LogP contribution in [-0.2, 0) is 0 Å². The van der Waals surface area contributed by atoms with Crippen LogP contribution in [0, 0.1) is 3.57 Å². The van der Waals surface area contributed by atoms with E-state index in [1.807, 2.05) is 28.7 Å². The second-order valence-electron chi connectivity index (χ2n) is 3.60. The summed E-state index contributed by atoms with van der Waals surface area (Å²) in [5.41, 5.74) is 0.404. The van der Waals surface area contributed by atoms with Crippen LogP contribution < -0.4 is 0 Å². The Bertz CT molecular complexity index is 406. The van der Waals surface area contributed by atoms with E-state index in [-0.39, 0.29) is 6.54 Å². The molecule has 0 unspecified atom stereocenters. The Morgan fingerprint density at radius 1 is 1.41 bits per heavy atom. The Labute approximate surface area is 111 Å². The Hall–Kier alpha value is -0.790. The minimum absolute atomic E-state index is 0.326. The van der Waals surface area contributed by atoms with Crippen molar-refractivity contribution in [2.75, 3.05) is 13.6 Å². The number of alkyl halides is 3. The average Bonchev–Trinajstić information content (AvgIpc) is 2.24. The third-order valence-electron chi connectivity index (χ3n) is 2.15. The van der Waals surface area contributed by atoms with Gasteiger partial charge in [0.2, 0.25) is 0 Å². The van der Waals surface area contributed by atoms with Crippen molar-refractivity contribution >= 4 is 28.5 Å². The van der Waals surface area contributed by atoms with Crippen LogP contribution in [0.5, 0.6) is 0 Å². The highest BCUT2D eigenvalue weighted by Crippen LogP contribution is 2.20. The van der Waals surface area contributed by atoms with Gasteiger partial charge < -0.3 is 4.90 Å². The number of carbonyl (C=O) groups is 1. The molecule has 0 radical (unpaired) electrons. The molecule has 1 aromatic rings. The summed E-state index contributed by atoms with van der Waals surface area (Å²) in [6.07, 6.45) is -5.22. The minimum atomic E-state index is -4.24. The number of carbonyl (C=O) groups excluding carboxylic acids is 1. The fourth-order valence-corrected chi connectivity index (χ4v) is 1.78. The lowest BCUT2D eigenvalue weighted by Gasteiger charge is -2.18. The summed E-state index contributed by atoms with van der Waals surface area (Å²) in [7, 11) is 1.37. The molecular formula is C11H11F3INO. The van der Waals surface area contributed by atoms with E-state index in [0.717, 1.165) is 8.47 Å². The zero-order valence-corrected chi connectivity index (χ0v) is 11.2. The zero-order valence-electron chi connectivity index (χ0n) is 9.09. The molecule has 0 aliphatic carbocycles. The molecule has 1 rings (SSSR count). The van der Waals surface area contributed by atoms with E-state index in [0.29, 0.717) is 5.56 Å². The first kappa shape index (κ1) is 14.3. The van der Waals surface area contributed by atoms with E-state index in [2.05, 4.69) is 0 Å². The predicted molar refractivity (Wildman–Crippen MR) is 66.8 cm³/mol. The number of benzene rings is 1. The molecule has 2 nitrogen and oxygen atoms in total. The molecule has 0 heterocycles. The van der Waals surface area contributed by atoms with Gasteiger partial charge in [0.25, 0.3) is 5.91 Å². The number of hydrogen-bond donors (Lipinski definition) is 0. The van der Waals surface area contributed by atoms with Crippen molar-refractivity contribution in [1.29, 1.82) is 0 Å². The molecule has 94 valence electrons. The van der Waals surface area contributed by atoms with Crippen molar-refractivity contribution in [1.82, 2.24) is 4.90 Å². The lowest BCUT2D eigenvalue weighted by atomic mass is 10.2. The van der Waals surface area contributed by atoms with Gasteiger partial charge in [-0.05, 0) is 40.8 Å². The normalized spacial score (nSPS) is 11.4. The van der Waals surface area contributed by atoms with Gasteiger partial charge in [0, 0.05) is 22.7 Å². The van der Waals surface area contributed by atoms with E-state index in [9.17, 15) is 18.0 Å². The first-order valence-corrected chi connectivity index (χ1v) is 5.95. The van der Waals surface area contributed by atoms with Crippen molar-refractivity contribution in [3.05, 3.63) is 33.4 Å². The first-order valence-electron chi connectivity index (χ1n) is 4.87. The maximum Gasteiger partial charge on any atom is 0.390 e. The quantitative estimate of drug-likeness (QED) is 0.761. The third-order valence-corrected chi connectivity index (χ3v) is 2.82. The standard InChI is InChI=1S/C11H11F3INO/c1-16(6-5-11(12,13)14)10(17)8-3-2-4-9(15)7-8/h2-4,7H,5-6H2,1H3. The molecule has 0 saturated carbocycles. The topological polar surface area (TPSA) is 20.3 Å². The number of hydrogen-bond acceptors (Lipinski definition) is 1. The highest BCUT2D eigenvalue weighted by Gasteiger charge is 2.28. The number of nitrogens with zero attached hydrogens (tertiary/aromatic N) is 1. The Morgan fingerprint density at radius 3 is 2.59 bits per heavy atom. The van der Waals surface area contributed by atoms with E-state index < -0.39 is 18.5 Å². The molecule has 1 amide bonds. The highest BCUT2D eigenvalue weighted by molar-refractivity contribution is 14.1. The maximum atomic E-state index is 12.0. The van der Waals surface area contributed by atoms with E-state index in [1.165, 1.54) is 7.05 Å². The van der Waals surface area contributed by atoms with Crippen LogP contribution in [0.4, 0.5) is 13.2 Å². The van der Waals surface area contributed by atoms with Crippen LogP contribution in [0.25, 0.3) is 0 Å². The summed E-state index contributed by atoms with van der Waals surface area (Å²) in [5, 5.41) is 0. The molecule has 0 aromatic heterocycles.